The molecule has 1 aromatic rings. The fourth-order valence-electron chi connectivity index (χ4n) is 3.60. The molecule has 1 heterocycles. The van der Waals surface area contributed by atoms with Gasteiger partial charge in [-0.2, -0.15) is 5.10 Å². The highest BCUT2D eigenvalue weighted by atomic mass is 15.2. The van der Waals surface area contributed by atoms with E-state index in [0.717, 1.165) is 24.3 Å². The molecule has 2 bridgehead atoms. The normalized spacial score (nSPS) is 30.9. The molecule has 2 fully saturated rings. The molecule has 3 unspecified atom stereocenters. The van der Waals surface area contributed by atoms with Gasteiger partial charge in [0.1, 0.15) is 0 Å². The topological polar surface area (TPSA) is 29.9 Å². The van der Waals surface area contributed by atoms with Gasteiger partial charge in [-0.15, -0.1) is 0 Å². The van der Waals surface area contributed by atoms with Gasteiger partial charge in [-0.05, 0) is 43.6 Å². The van der Waals surface area contributed by atoms with E-state index in [1.54, 1.807) is 10.9 Å². The third-order valence-electron chi connectivity index (χ3n) is 4.46. The van der Waals surface area contributed by atoms with Gasteiger partial charge in [-0.3, -0.25) is 0 Å². The third-order valence-corrected chi connectivity index (χ3v) is 4.46. The van der Waals surface area contributed by atoms with Crippen molar-refractivity contribution in [1.82, 2.24) is 15.1 Å². The Morgan fingerprint density at radius 3 is 3.06 bits per heavy atom. The largest absolute Gasteiger partial charge is 0.312 e. The SMILES string of the molecule is C=Cn1cc(CNCC2CC3CCC2C3)cn1. The summed E-state index contributed by atoms with van der Waals surface area (Å²) in [4.78, 5) is 0. The second kappa shape index (κ2) is 4.65. The molecular formula is C14H21N3. The molecule has 3 atom stereocenters. The van der Waals surface area contributed by atoms with Gasteiger partial charge in [0.25, 0.3) is 0 Å². The second-order valence-corrected chi connectivity index (χ2v) is 5.58. The van der Waals surface area contributed by atoms with Gasteiger partial charge in [0.05, 0.1) is 6.20 Å². The van der Waals surface area contributed by atoms with Crippen LogP contribution < -0.4 is 5.32 Å². The van der Waals surface area contributed by atoms with Crippen LogP contribution in [-0.4, -0.2) is 16.3 Å². The number of fused-ring (bicyclic) bond motifs is 2. The Labute approximate surface area is 103 Å². The summed E-state index contributed by atoms with van der Waals surface area (Å²) in [6.07, 6.45) is 11.6. The summed E-state index contributed by atoms with van der Waals surface area (Å²) in [5, 5.41) is 7.76. The molecule has 3 rings (SSSR count). The smallest absolute Gasteiger partial charge is 0.0538 e. The number of hydrogen-bond donors (Lipinski definition) is 1. The minimum atomic E-state index is 0.932. The first-order valence-electron chi connectivity index (χ1n) is 6.71. The van der Waals surface area contributed by atoms with Crippen LogP contribution in [0.3, 0.4) is 0 Å². The number of nitrogens with zero attached hydrogens (tertiary/aromatic N) is 2. The summed E-state index contributed by atoms with van der Waals surface area (Å²) >= 11 is 0. The third kappa shape index (κ3) is 2.29. The highest BCUT2D eigenvalue weighted by Crippen LogP contribution is 2.47. The number of hydrogen-bond acceptors (Lipinski definition) is 2. The van der Waals surface area contributed by atoms with Gasteiger partial charge in [-0.25, -0.2) is 4.68 Å². The maximum Gasteiger partial charge on any atom is 0.0538 e. The van der Waals surface area contributed by atoms with Crippen molar-refractivity contribution in [2.24, 2.45) is 17.8 Å². The highest BCUT2D eigenvalue weighted by molar-refractivity contribution is 5.17. The standard InChI is InChI=1S/C14H21N3/c1-2-17-10-12(8-16-17)7-15-9-14-6-11-3-4-13(14)5-11/h2,8,10-11,13-15H,1,3-7,9H2. The molecule has 0 amide bonds. The van der Waals surface area contributed by atoms with Gasteiger partial charge < -0.3 is 5.32 Å². The molecule has 3 nitrogen and oxygen atoms in total. The van der Waals surface area contributed by atoms with Crippen LogP contribution in [0, 0.1) is 17.8 Å². The lowest BCUT2D eigenvalue weighted by atomic mass is 9.89. The molecule has 0 aromatic carbocycles. The van der Waals surface area contributed by atoms with Crippen molar-refractivity contribution < 1.29 is 0 Å². The molecular weight excluding hydrogens is 210 g/mol. The minimum Gasteiger partial charge on any atom is -0.312 e. The summed E-state index contributed by atoms with van der Waals surface area (Å²) in [5.41, 5.74) is 1.24. The zero-order valence-electron chi connectivity index (χ0n) is 10.3. The van der Waals surface area contributed by atoms with Gasteiger partial charge in [-0.1, -0.05) is 13.0 Å². The molecule has 2 saturated carbocycles. The molecule has 1 aromatic heterocycles. The van der Waals surface area contributed by atoms with Crippen molar-refractivity contribution in [2.45, 2.75) is 32.2 Å². The van der Waals surface area contributed by atoms with E-state index < -0.39 is 0 Å². The predicted octanol–water partition coefficient (Wildman–Crippen LogP) is 2.51. The maximum atomic E-state index is 4.18. The van der Waals surface area contributed by atoms with Crippen LogP contribution in [-0.2, 0) is 6.54 Å². The number of rotatable bonds is 5. The van der Waals surface area contributed by atoms with Crippen LogP contribution in [0.25, 0.3) is 6.20 Å². The average Bonchev–Trinajstić information content (AvgIpc) is 3.04. The van der Waals surface area contributed by atoms with Crippen molar-refractivity contribution in [3.05, 3.63) is 24.5 Å². The summed E-state index contributed by atoms with van der Waals surface area (Å²) < 4.78 is 1.76. The molecule has 2 aliphatic rings. The second-order valence-electron chi connectivity index (χ2n) is 5.58. The molecule has 2 aliphatic carbocycles. The van der Waals surface area contributed by atoms with E-state index >= 15 is 0 Å². The van der Waals surface area contributed by atoms with E-state index in [2.05, 4.69) is 17.0 Å². The summed E-state index contributed by atoms with van der Waals surface area (Å²) in [6.45, 7) is 5.81. The van der Waals surface area contributed by atoms with E-state index in [9.17, 15) is 0 Å². The van der Waals surface area contributed by atoms with E-state index in [1.807, 2.05) is 12.4 Å². The summed E-state index contributed by atoms with van der Waals surface area (Å²) in [7, 11) is 0. The molecule has 0 aliphatic heterocycles. The Bertz CT molecular complexity index is 396. The van der Waals surface area contributed by atoms with Gasteiger partial charge in [0.15, 0.2) is 0 Å². The first-order valence-corrected chi connectivity index (χ1v) is 6.71. The lowest BCUT2D eigenvalue weighted by Gasteiger charge is -2.21. The molecule has 0 saturated heterocycles. The molecule has 0 spiro atoms. The Hall–Kier alpha value is -1.09. The number of nitrogens with one attached hydrogen (secondary N) is 1. The lowest BCUT2D eigenvalue weighted by Crippen LogP contribution is -2.26. The fourth-order valence-corrected chi connectivity index (χ4v) is 3.60. The van der Waals surface area contributed by atoms with E-state index in [4.69, 9.17) is 0 Å². The molecule has 0 radical (unpaired) electrons. The van der Waals surface area contributed by atoms with Crippen molar-refractivity contribution in [1.29, 1.82) is 0 Å². The first kappa shape index (κ1) is 11.0. The molecule has 17 heavy (non-hydrogen) atoms. The predicted molar refractivity (Wildman–Crippen MR) is 69.3 cm³/mol. The Kier molecular flexibility index (Phi) is 3.02. The Morgan fingerprint density at radius 2 is 2.41 bits per heavy atom. The van der Waals surface area contributed by atoms with Gasteiger partial charge in [0, 0.05) is 24.5 Å². The monoisotopic (exact) mass is 231 g/mol. The van der Waals surface area contributed by atoms with Crippen molar-refractivity contribution in [3.8, 4) is 0 Å². The summed E-state index contributed by atoms with van der Waals surface area (Å²) in [6, 6.07) is 0. The van der Waals surface area contributed by atoms with E-state index in [-0.39, 0.29) is 0 Å². The van der Waals surface area contributed by atoms with E-state index in [0.29, 0.717) is 0 Å². The quantitative estimate of drug-likeness (QED) is 0.844. The average molecular weight is 231 g/mol. The lowest BCUT2D eigenvalue weighted by molar-refractivity contribution is 0.318. The van der Waals surface area contributed by atoms with Crippen LogP contribution in [0.15, 0.2) is 19.0 Å². The maximum absolute atomic E-state index is 4.18. The van der Waals surface area contributed by atoms with Crippen LogP contribution in [0.2, 0.25) is 0 Å². The highest BCUT2D eigenvalue weighted by Gasteiger charge is 2.38. The van der Waals surface area contributed by atoms with Crippen LogP contribution in [0.4, 0.5) is 0 Å². The van der Waals surface area contributed by atoms with Crippen LogP contribution in [0.1, 0.15) is 31.2 Å². The van der Waals surface area contributed by atoms with Crippen LogP contribution in [0.5, 0.6) is 0 Å². The minimum absolute atomic E-state index is 0.932. The van der Waals surface area contributed by atoms with E-state index in [1.165, 1.54) is 37.8 Å². The Morgan fingerprint density at radius 1 is 1.47 bits per heavy atom. The van der Waals surface area contributed by atoms with Crippen LogP contribution >= 0.6 is 0 Å². The van der Waals surface area contributed by atoms with Gasteiger partial charge in [0.2, 0.25) is 0 Å². The van der Waals surface area contributed by atoms with Crippen molar-refractivity contribution >= 4 is 6.20 Å². The molecule has 3 heteroatoms. The zero-order chi connectivity index (χ0) is 11.7. The molecule has 92 valence electrons. The number of aromatic nitrogens is 2. The fraction of sp³-hybridized carbons (Fsp3) is 0.643. The van der Waals surface area contributed by atoms with Crippen molar-refractivity contribution in [2.75, 3.05) is 6.54 Å². The Balaban J connectivity index is 1.44. The zero-order valence-corrected chi connectivity index (χ0v) is 10.3. The van der Waals surface area contributed by atoms with Gasteiger partial charge >= 0.3 is 0 Å². The summed E-state index contributed by atoms with van der Waals surface area (Å²) in [5.74, 6) is 3.00. The molecule has 1 N–H and O–H groups in total. The van der Waals surface area contributed by atoms with Crippen molar-refractivity contribution in [3.63, 3.8) is 0 Å². The first-order chi connectivity index (χ1) is 8.35.